The Balaban J connectivity index is 2.01. The number of aromatic nitrogens is 2. The standard InChI is InChI=1S/C20H22N2O2S/c1-13-8-9-18-19(25-4)15(3)22(20(18)21-13)11-16-6-5-7-17(10-16)24-14(2)12-23/h5-10,12,14H,11H2,1-4H3/t14-/m0/s1. The lowest BCUT2D eigenvalue weighted by molar-refractivity contribution is -0.113. The van der Waals surface area contributed by atoms with Gasteiger partial charge in [0.1, 0.15) is 11.4 Å². The highest BCUT2D eigenvalue weighted by atomic mass is 32.2. The van der Waals surface area contributed by atoms with Gasteiger partial charge in [-0.05, 0) is 56.9 Å². The van der Waals surface area contributed by atoms with Crippen LogP contribution in [0.5, 0.6) is 5.75 Å². The smallest absolute Gasteiger partial charge is 0.160 e. The quantitative estimate of drug-likeness (QED) is 0.486. The number of benzene rings is 1. The third kappa shape index (κ3) is 3.56. The van der Waals surface area contributed by atoms with Crippen molar-refractivity contribution in [1.82, 2.24) is 9.55 Å². The van der Waals surface area contributed by atoms with Crippen LogP contribution < -0.4 is 4.74 Å². The summed E-state index contributed by atoms with van der Waals surface area (Å²) >= 11 is 1.75. The minimum Gasteiger partial charge on any atom is -0.483 e. The molecule has 4 nitrogen and oxygen atoms in total. The predicted octanol–water partition coefficient (Wildman–Crippen LogP) is 4.39. The van der Waals surface area contributed by atoms with E-state index in [9.17, 15) is 4.79 Å². The molecule has 2 heterocycles. The van der Waals surface area contributed by atoms with Gasteiger partial charge in [0.25, 0.3) is 0 Å². The number of carbonyl (C=O) groups excluding carboxylic acids is 1. The van der Waals surface area contributed by atoms with Crippen LogP contribution in [-0.2, 0) is 11.3 Å². The molecule has 3 rings (SSSR count). The number of hydrogen-bond donors (Lipinski definition) is 0. The van der Waals surface area contributed by atoms with Gasteiger partial charge in [-0.25, -0.2) is 4.98 Å². The van der Waals surface area contributed by atoms with Gasteiger partial charge in [-0.15, -0.1) is 11.8 Å². The monoisotopic (exact) mass is 354 g/mol. The van der Waals surface area contributed by atoms with E-state index < -0.39 is 6.10 Å². The average molecular weight is 354 g/mol. The first-order valence-corrected chi connectivity index (χ1v) is 9.47. The highest BCUT2D eigenvalue weighted by molar-refractivity contribution is 7.98. The van der Waals surface area contributed by atoms with Crippen LogP contribution in [0.2, 0.25) is 0 Å². The van der Waals surface area contributed by atoms with Gasteiger partial charge in [-0.1, -0.05) is 12.1 Å². The normalized spacial score (nSPS) is 12.3. The van der Waals surface area contributed by atoms with Crippen LogP contribution in [0.4, 0.5) is 0 Å². The van der Waals surface area contributed by atoms with Crippen LogP contribution in [0.25, 0.3) is 11.0 Å². The van der Waals surface area contributed by atoms with Gasteiger partial charge in [0.05, 0.1) is 0 Å². The van der Waals surface area contributed by atoms with E-state index in [1.54, 1.807) is 18.7 Å². The van der Waals surface area contributed by atoms with Crippen LogP contribution >= 0.6 is 11.8 Å². The first-order chi connectivity index (χ1) is 12.0. The molecule has 0 saturated heterocycles. The first kappa shape index (κ1) is 17.5. The molecule has 0 bridgehead atoms. The zero-order chi connectivity index (χ0) is 18.0. The Morgan fingerprint density at radius 3 is 2.80 bits per heavy atom. The number of thioether (sulfide) groups is 1. The maximum absolute atomic E-state index is 10.8. The van der Waals surface area contributed by atoms with E-state index in [0.717, 1.165) is 23.2 Å². The summed E-state index contributed by atoms with van der Waals surface area (Å²) in [7, 11) is 0. The molecule has 0 unspecified atom stereocenters. The fourth-order valence-electron chi connectivity index (χ4n) is 3.00. The Bertz CT molecular complexity index is 917. The summed E-state index contributed by atoms with van der Waals surface area (Å²) < 4.78 is 7.85. The molecule has 0 aliphatic rings. The summed E-state index contributed by atoms with van der Waals surface area (Å²) in [6.07, 6.45) is 2.45. The van der Waals surface area contributed by atoms with Crippen LogP contribution in [0.1, 0.15) is 23.9 Å². The first-order valence-electron chi connectivity index (χ1n) is 8.24. The van der Waals surface area contributed by atoms with Gasteiger partial charge in [-0.3, -0.25) is 4.79 Å². The SMILES string of the molecule is CSc1c(C)n(Cc2cccc(O[C@@H](C)C=O)c2)c2nc(C)ccc12. The van der Waals surface area contributed by atoms with E-state index in [1.807, 2.05) is 25.1 Å². The molecular formula is C20H22N2O2S. The molecular weight excluding hydrogens is 332 g/mol. The van der Waals surface area contributed by atoms with Crippen molar-refractivity contribution >= 4 is 29.1 Å². The molecule has 0 amide bonds. The topological polar surface area (TPSA) is 44.1 Å². The van der Waals surface area contributed by atoms with Gasteiger partial charge in [-0.2, -0.15) is 0 Å². The number of aldehydes is 1. The highest BCUT2D eigenvalue weighted by Crippen LogP contribution is 2.32. The van der Waals surface area contributed by atoms with Crippen molar-refractivity contribution in [2.24, 2.45) is 0 Å². The van der Waals surface area contributed by atoms with Crippen molar-refractivity contribution < 1.29 is 9.53 Å². The lowest BCUT2D eigenvalue weighted by Gasteiger charge is -2.12. The minimum absolute atomic E-state index is 0.447. The van der Waals surface area contributed by atoms with E-state index in [1.165, 1.54) is 16.0 Å². The van der Waals surface area contributed by atoms with Gasteiger partial charge < -0.3 is 9.30 Å². The average Bonchev–Trinajstić information content (AvgIpc) is 2.86. The second-order valence-electron chi connectivity index (χ2n) is 6.14. The zero-order valence-corrected chi connectivity index (χ0v) is 15.8. The summed E-state index contributed by atoms with van der Waals surface area (Å²) in [6.45, 7) is 6.60. The summed E-state index contributed by atoms with van der Waals surface area (Å²) in [6, 6.07) is 12.1. The molecule has 1 atom stereocenters. The number of fused-ring (bicyclic) bond motifs is 1. The molecule has 0 radical (unpaired) electrons. The van der Waals surface area contributed by atoms with Gasteiger partial charge in [0.15, 0.2) is 12.4 Å². The van der Waals surface area contributed by atoms with E-state index in [0.29, 0.717) is 12.3 Å². The minimum atomic E-state index is -0.447. The van der Waals surface area contributed by atoms with Crippen molar-refractivity contribution in [3.63, 3.8) is 0 Å². The maximum Gasteiger partial charge on any atom is 0.160 e. The molecule has 0 aliphatic carbocycles. The zero-order valence-electron chi connectivity index (χ0n) is 14.9. The second kappa shape index (κ2) is 7.31. The summed E-state index contributed by atoms with van der Waals surface area (Å²) in [5.74, 6) is 0.709. The lowest BCUT2D eigenvalue weighted by Crippen LogP contribution is -2.13. The molecule has 0 spiro atoms. The van der Waals surface area contributed by atoms with Crippen LogP contribution in [0, 0.1) is 13.8 Å². The number of pyridine rings is 1. The number of carbonyl (C=O) groups is 1. The summed E-state index contributed by atoms with van der Waals surface area (Å²) in [5, 5.41) is 1.19. The Labute approximate surface area is 152 Å². The Kier molecular flexibility index (Phi) is 5.13. The molecule has 1 aromatic carbocycles. The van der Waals surface area contributed by atoms with Gasteiger partial charge in [0.2, 0.25) is 0 Å². The van der Waals surface area contributed by atoms with Crippen molar-refractivity contribution in [3.8, 4) is 5.75 Å². The fourth-order valence-corrected chi connectivity index (χ4v) is 3.78. The van der Waals surface area contributed by atoms with Crippen LogP contribution in [0.3, 0.4) is 0 Å². The third-order valence-corrected chi connectivity index (χ3v) is 5.13. The molecule has 2 aromatic heterocycles. The third-order valence-electron chi connectivity index (χ3n) is 4.21. The maximum atomic E-state index is 10.8. The lowest BCUT2D eigenvalue weighted by atomic mass is 10.2. The van der Waals surface area contributed by atoms with E-state index in [4.69, 9.17) is 9.72 Å². The predicted molar refractivity (Wildman–Crippen MR) is 103 cm³/mol. The van der Waals surface area contributed by atoms with Crippen LogP contribution in [0.15, 0.2) is 41.3 Å². The number of aryl methyl sites for hydroxylation is 1. The largest absolute Gasteiger partial charge is 0.483 e. The molecule has 0 fully saturated rings. The van der Waals surface area contributed by atoms with Crippen molar-refractivity contribution in [1.29, 1.82) is 0 Å². The van der Waals surface area contributed by atoms with Crippen molar-refractivity contribution in [2.45, 2.75) is 38.3 Å². The van der Waals surface area contributed by atoms with Crippen molar-refractivity contribution in [3.05, 3.63) is 53.3 Å². The number of rotatable bonds is 6. The van der Waals surface area contributed by atoms with E-state index >= 15 is 0 Å². The Morgan fingerprint density at radius 2 is 2.08 bits per heavy atom. The Morgan fingerprint density at radius 1 is 1.28 bits per heavy atom. The number of hydrogen-bond acceptors (Lipinski definition) is 4. The second-order valence-corrected chi connectivity index (χ2v) is 6.95. The molecule has 3 aromatic rings. The van der Waals surface area contributed by atoms with E-state index in [-0.39, 0.29) is 0 Å². The summed E-state index contributed by atoms with van der Waals surface area (Å²) in [4.78, 5) is 16.8. The number of ether oxygens (including phenoxy) is 1. The number of nitrogens with zero attached hydrogens (tertiary/aromatic N) is 2. The van der Waals surface area contributed by atoms with Crippen LogP contribution in [-0.4, -0.2) is 28.2 Å². The Hall–Kier alpha value is -2.27. The van der Waals surface area contributed by atoms with Gasteiger partial charge >= 0.3 is 0 Å². The molecule has 0 saturated carbocycles. The fraction of sp³-hybridized carbons (Fsp3) is 0.300. The molecule has 0 N–H and O–H groups in total. The van der Waals surface area contributed by atoms with Crippen molar-refractivity contribution in [2.75, 3.05) is 6.26 Å². The molecule has 130 valence electrons. The molecule has 0 aliphatic heterocycles. The molecule has 25 heavy (non-hydrogen) atoms. The van der Waals surface area contributed by atoms with Gasteiger partial charge in [0, 0.05) is 28.2 Å². The summed E-state index contributed by atoms with van der Waals surface area (Å²) in [5.41, 5.74) is 4.35. The van der Waals surface area contributed by atoms with E-state index in [2.05, 4.69) is 35.9 Å². The highest BCUT2D eigenvalue weighted by Gasteiger charge is 2.15. The molecule has 5 heteroatoms.